The molecule has 0 aliphatic carbocycles. The molecule has 1 heterocycles. The Morgan fingerprint density at radius 2 is 1.78 bits per heavy atom. The van der Waals surface area contributed by atoms with Gasteiger partial charge in [0.25, 0.3) is 0 Å². The minimum absolute atomic E-state index is 0.403. The van der Waals surface area contributed by atoms with Crippen LogP contribution in [0.5, 0.6) is 0 Å². The van der Waals surface area contributed by atoms with Gasteiger partial charge in [-0.1, -0.05) is 28.8 Å². The molecule has 2 N–H and O–H groups in total. The molecule has 0 saturated heterocycles. The third-order valence-electron chi connectivity index (χ3n) is 2.90. The number of carbonyl (C=O) groups is 1. The highest BCUT2D eigenvalue weighted by atomic mass is 32.1. The van der Waals surface area contributed by atoms with Crippen LogP contribution in [0.4, 0.5) is 4.79 Å². The summed E-state index contributed by atoms with van der Waals surface area (Å²) >= 11 is 1.35. The average Bonchev–Trinajstić information content (AvgIpc) is 2.98. The second-order valence-corrected chi connectivity index (χ2v) is 6.78. The molecular weight excluding hydrogens is 312 g/mol. The molecule has 0 radical (unpaired) electrons. The first-order valence-electron chi connectivity index (χ1n) is 7.44. The number of ether oxygens (including phenoxy) is 1. The number of hydrogen-bond acceptors (Lipinski definition) is 6. The molecule has 124 valence electrons. The van der Waals surface area contributed by atoms with Crippen molar-refractivity contribution in [1.82, 2.24) is 20.2 Å². The second kappa shape index (κ2) is 8.03. The molecular formula is C16H22N4O2S. The average molecular weight is 334 g/mol. The summed E-state index contributed by atoms with van der Waals surface area (Å²) in [6, 6.07) is 8.08. The first kappa shape index (κ1) is 17.4. The van der Waals surface area contributed by atoms with Crippen LogP contribution >= 0.6 is 11.5 Å². The van der Waals surface area contributed by atoms with Gasteiger partial charge >= 0.3 is 6.09 Å². The summed E-state index contributed by atoms with van der Waals surface area (Å²) in [7, 11) is 0. The Bertz CT molecular complexity index is 606. The Balaban J connectivity index is 1.72. The molecule has 0 spiro atoms. The van der Waals surface area contributed by atoms with Crippen molar-refractivity contribution in [2.45, 2.75) is 46.0 Å². The molecule has 2 aromatic rings. The van der Waals surface area contributed by atoms with Gasteiger partial charge in [0.1, 0.15) is 5.60 Å². The summed E-state index contributed by atoms with van der Waals surface area (Å²) in [6.07, 6.45) is -0.403. The fraction of sp³-hybridized carbons (Fsp3) is 0.438. The van der Waals surface area contributed by atoms with Crippen molar-refractivity contribution in [2.24, 2.45) is 0 Å². The number of amides is 1. The molecule has 6 nitrogen and oxygen atoms in total. The predicted octanol–water partition coefficient (Wildman–Crippen LogP) is 2.85. The Hall–Kier alpha value is -1.99. The van der Waals surface area contributed by atoms with Crippen molar-refractivity contribution in [3.8, 4) is 0 Å². The van der Waals surface area contributed by atoms with Gasteiger partial charge in [0.2, 0.25) is 0 Å². The third kappa shape index (κ3) is 6.75. The van der Waals surface area contributed by atoms with Gasteiger partial charge in [-0.3, -0.25) is 0 Å². The van der Waals surface area contributed by atoms with Crippen molar-refractivity contribution < 1.29 is 9.53 Å². The molecule has 1 aromatic heterocycles. The number of carbonyl (C=O) groups excluding carboxylic acids is 1. The topological polar surface area (TPSA) is 76.1 Å². The SMILES string of the molecule is CC(C)(C)OC(=O)NCc1ccc(CNCc2csnn2)cc1. The van der Waals surface area contributed by atoms with Gasteiger partial charge in [0.05, 0.1) is 5.69 Å². The maximum Gasteiger partial charge on any atom is 0.407 e. The maximum atomic E-state index is 11.6. The van der Waals surface area contributed by atoms with Crippen LogP contribution in [0.1, 0.15) is 37.6 Å². The fourth-order valence-corrected chi connectivity index (χ4v) is 2.31. The Labute approximate surface area is 140 Å². The van der Waals surface area contributed by atoms with Gasteiger partial charge in [-0.05, 0) is 43.4 Å². The molecule has 0 aliphatic rings. The Kier molecular flexibility index (Phi) is 6.06. The third-order valence-corrected chi connectivity index (χ3v) is 3.45. The van der Waals surface area contributed by atoms with E-state index in [4.69, 9.17) is 4.74 Å². The first-order valence-corrected chi connectivity index (χ1v) is 8.27. The summed E-state index contributed by atoms with van der Waals surface area (Å²) in [5.41, 5.74) is 2.68. The van der Waals surface area contributed by atoms with Crippen LogP contribution in [0.3, 0.4) is 0 Å². The van der Waals surface area contributed by atoms with Gasteiger partial charge in [-0.15, -0.1) is 5.10 Å². The highest BCUT2D eigenvalue weighted by molar-refractivity contribution is 7.03. The summed E-state index contributed by atoms with van der Waals surface area (Å²) in [4.78, 5) is 11.6. The highest BCUT2D eigenvalue weighted by Gasteiger charge is 2.15. The molecule has 7 heteroatoms. The van der Waals surface area contributed by atoms with E-state index in [1.807, 2.05) is 50.4 Å². The van der Waals surface area contributed by atoms with Crippen molar-refractivity contribution in [1.29, 1.82) is 0 Å². The Morgan fingerprint density at radius 1 is 1.13 bits per heavy atom. The molecule has 1 aromatic carbocycles. The van der Waals surface area contributed by atoms with Crippen molar-refractivity contribution in [3.63, 3.8) is 0 Å². The fourth-order valence-electron chi connectivity index (χ4n) is 1.86. The van der Waals surface area contributed by atoms with E-state index < -0.39 is 11.7 Å². The highest BCUT2D eigenvalue weighted by Crippen LogP contribution is 2.08. The lowest BCUT2D eigenvalue weighted by atomic mass is 10.1. The van der Waals surface area contributed by atoms with Crippen LogP contribution in [-0.4, -0.2) is 21.3 Å². The zero-order valence-electron chi connectivity index (χ0n) is 13.6. The lowest BCUT2D eigenvalue weighted by Crippen LogP contribution is -2.32. The molecule has 1 amide bonds. The summed E-state index contributed by atoms with van der Waals surface area (Å²) in [6.45, 7) is 7.45. The molecule has 0 atom stereocenters. The van der Waals surface area contributed by atoms with Crippen molar-refractivity contribution in [3.05, 3.63) is 46.5 Å². The van der Waals surface area contributed by atoms with Crippen LogP contribution in [0.2, 0.25) is 0 Å². The maximum absolute atomic E-state index is 11.6. The molecule has 23 heavy (non-hydrogen) atoms. The monoisotopic (exact) mass is 334 g/mol. The van der Waals surface area contributed by atoms with E-state index in [0.29, 0.717) is 13.1 Å². The Morgan fingerprint density at radius 3 is 2.35 bits per heavy atom. The lowest BCUT2D eigenvalue weighted by molar-refractivity contribution is 0.0523. The molecule has 0 aliphatic heterocycles. The number of nitrogens with one attached hydrogen (secondary N) is 2. The molecule has 2 rings (SSSR count). The zero-order chi connectivity index (χ0) is 16.7. The van der Waals surface area contributed by atoms with Crippen LogP contribution in [0, 0.1) is 0 Å². The quantitative estimate of drug-likeness (QED) is 0.849. The van der Waals surface area contributed by atoms with E-state index in [1.165, 1.54) is 17.1 Å². The van der Waals surface area contributed by atoms with Crippen LogP contribution in [0.25, 0.3) is 0 Å². The van der Waals surface area contributed by atoms with Gasteiger partial charge in [0, 0.05) is 25.0 Å². The number of benzene rings is 1. The van der Waals surface area contributed by atoms with E-state index in [2.05, 4.69) is 20.2 Å². The largest absolute Gasteiger partial charge is 0.444 e. The van der Waals surface area contributed by atoms with Crippen LogP contribution < -0.4 is 10.6 Å². The molecule has 0 bridgehead atoms. The van der Waals surface area contributed by atoms with Crippen molar-refractivity contribution >= 4 is 17.6 Å². The molecule has 0 fully saturated rings. The summed E-state index contributed by atoms with van der Waals surface area (Å²) < 4.78 is 9.02. The van der Waals surface area contributed by atoms with E-state index in [-0.39, 0.29) is 0 Å². The number of aromatic nitrogens is 2. The predicted molar refractivity (Wildman–Crippen MR) is 90.0 cm³/mol. The van der Waals surface area contributed by atoms with E-state index in [9.17, 15) is 4.79 Å². The number of rotatable bonds is 6. The van der Waals surface area contributed by atoms with Gasteiger partial charge in [-0.25, -0.2) is 4.79 Å². The number of nitrogens with zero attached hydrogens (tertiary/aromatic N) is 2. The lowest BCUT2D eigenvalue weighted by Gasteiger charge is -2.19. The standard InChI is InChI=1S/C16H22N4O2S/c1-16(2,3)22-15(21)18-9-13-6-4-12(5-7-13)8-17-10-14-11-23-20-19-14/h4-7,11,17H,8-10H2,1-3H3,(H,18,21). The minimum Gasteiger partial charge on any atom is -0.444 e. The van der Waals surface area contributed by atoms with E-state index >= 15 is 0 Å². The summed E-state index contributed by atoms with van der Waals surface area (Å²) in [5.74, 6) is 0. The van der Waals surface area contributed by atoms with E-state index in [1.54, 1.807) is 0 Å². The normalized spacial score (nSPS) is 11.3. The van der Waals surface area contributed by atoms with Crippen LogP contribution in [-0.2, 0) is 24.4 Å². The first-order chi connectivity index (χ1) is 10.9. The second-order valence-electron chi connectivity index (χ2n) is 6.17. The van der Waals surface area contributed by atoms with Crippen LogP contribution in [0.15, 0.2) is 29.6 Å². The number of alkyl carbamates (subject to hydrolysis) is 1. The minimum atomic E-state index is -0.480. The van der Waals surface area contributed by atoms with Gasteiger partial charge in [0.15, 0.2) is 0 Å². The molecule has 0 saturated carbocycles. The zero-order valence-corrected chi connectivity index (χ0v) is 14.4. The number of hydrogen-bond donors (Lipinski definition) is 2. The van der Waals surface area contributed by atoms with E-state index in [0.717, 1.165) is 17.8 Å². The van der Waals surface area contributed by atoms with Gasteiger partial charge in [-0.2, -0.15) is 0 Å². The summed E-state index contributed by atoms with van der Waals surface area (Å²) in [5, 5.41) is 12.0. The molecule has 0 unspecified atom stereocenters. The smallest absolute Gasteiger partial charge is 0.407 e. The van der Waals surface area contributed by atoms with Gasteiger partial charge < -0.3 is 15.4 Å². The van der Waals surface area contributed by atoms with Crippen molar-refractivity contribution in [2.75, 3.05) is 0 Å².